The number of hydrogen-bond acceptors (Lipinski definition) is 5. The van der Waals surface area contributed by atoms with Gasteiger partial charge in [-0.2, -0.15) is 5.10 Å². The molecule has 7 nitrogen and oxygen atoms in total. The van der Waals surface area contributed by atoms with Gasteiger partial charge >= 0.3 is 0 Å². The van der Waals surface area contributed by atoms with Crippen molar-refractivity contribution in [3.8, 4) is 11.5 Å². The number of methoxy groups -OCH3 is 1. The zero-order valence-corrected chi connectivity index (χ0v) is 17.7. The van der Waals surface area contributed by atoms with E-state index in [1.54, 1.807) is 25.3 Å². The van der Waals surface area contributed by atoms with E-state index < -0.39 is 0 Å². The van der Waals surface area contributed by atoms with Crippen LogP contribution in [0.1, 0.15) is 11.1 Å². The van der Waals surface area contributed by atoms with Crippen LogP contribution in [-0.2, 0) is 24.5 Å². The van der Waals surface area contributed by atoms with Crippen molar-refractivity contribution in [3.63, 3.8) is 0 Å². The second-order valence-corrected chi connectivity index (χ2v) is 7.22. The van der Waals surface area contributed by atoms with E-state index in [1.807, 2.05) is 54.6 Å². The lowest BCUT2D eigenvalue weighted by atomic mass is 10.2. The van der Waals surface area contributed by atoms with Gasteiger partial charge in [-0.05, 0) is 35.4 Å². The first kappa shape index (κ1) is 21.1. The molecule has 0 aliphatic rings. The molecule has 0 saturated carbocycles. The topological polar surface area (TPSA) is 82.5 Å². The van der Waals surface area contributed by atoms with Crippen molar-refractivity contribution in [1.82, 2.24) is 15.1 Å². The van der Waals surface area contributed by atoms with Crippen molar-refractivity contribution in [2.45, 2.75) is 19.7 Å². The average Bonchev–Trinajstić information content (AvgIpc) is 2.84. The Balaban J connectivity index is 1.39. The Kier molecular flexibility index (Phi) is 6.46. The minimum atomic E-state index is -0.213. The quantitative estimate of drug-likeness (QED) is 0.465. The summed E-state index contributed by atoms with van der Waals surface area (Å²) in [5.74, 6) is 1.02. The van der Waals surface area contributed by atoms with Crippen LogP contribution in [0.25, 0.3) is 10.9 Å². The van der Waals surface area contributed by atoms with Crippen molar-refractivity contribution >= 4 is 16.8 Å². The van der Waals surface area contributed by atoms with E-state index in [-0.39, 0.29) is 17.9 Å². The smallest absolute Gasteiger partial charge is 0.242 e. The van der Waals surface area contributed by atoms with E-state index in [0.29, 0.717) is 35.6 Å². The molecule has 1 heterocycles. The molecular weight excluding hydrogens is 406 g/mol. The van der Waals surface area contributed by atoms with E-state index in [1.165, 1.54) is 10.9 Å². The number of hydrogen-bond donors (Lipinski definition) is 1. The molecule has 0 saturated heterocycles. The Bertz CT molecular complexity index is 1290. The van der Waals surface area contributed by atoms with Gasteiger partial charge in [-0.1, -0.05) is 48.5 Å². The molecule has 0 radical (unpaired) electrons. The van der Waals surface area contributed by atoms with Crippen molar-refractivity contribution in [2.24, 2.45) is 0 Å². The average molecular weight is 429 g/mol. The van der Waals surface area contributed by atoms with Gasteiger partial charge in [0.05, 0.1) is 18.8 Å². The minimum Gasteiger partial charge on any atom is -0.493 e. The zero-order chi connectivity index (χ0) is 22.3. The Morgan fingerprint density at radius 2 is 1.75 bits per heavy atom. The van der Waals surface area contributed by atoms with E-state index in [9.17, 15) is 9.59 Å². The molecular formula is C25H23N3O4. The van der Waals surface area contributed by atoms with Crippen LogP contribution in [0.3, 0.4) is 0 Å². The summed E-state index contributed by atoms with van der Waals surface area (Å²) in [6.07, 6.45) is 1.23. The monoisotopic (exact) mass is 429 g/mol. The third-order valence-electron chi connectivity index (χ3n) is 5.01. The van der Waals surface area contributed by atoms with Gasteiger partial charge in [0.1, 0.15) is 13.2 Å². The first-order chi connectivity index (χ1) is 15.6. The highest BCUT2D eigenvalue weighted by atomic mass is 16.5. The third-order valence-corrected chi connectivity index (χ3v) is 5.01. The van der Waals surface area contributed by atoms with Crippen LogP contribution in [-0.4, -0.2) is 22.8 Å². The number of carbonyl (C=O) groups is 1. The molecule has 0 unspecified atom stereocenters. The molecule has 1 amide bonds. The molecule has 162 valence electrons. The van der Waals surface area contributed by atoms with Crippen LogP contribution >= 0.6 is 0 Å². The standard InChI is InChI=1S/C25H23N3O4/c1-31-24-13-19(11-12-23(24)32-17-18-7-3-2-4-8-18)14-26-25(30)16-28-21-10-6-5-9-20(21)22(29)15-27-28/h2-13,15H,14,16-17H2,1H3,(H,26,30). The van der Waals surface area contributed by atoms with Crippen LogP contribution in [0.2, 0.25) is 0 Å². The van der Waals surface area contributed by atoms with E-state index in [2.05, 4.69) is 10.4 Å². The highest BCUT2D eigenvalue weighted by Crippen LogP contribution is 2.28. The van der Waals surface area contributed by atoms with Crippen LogP contribution < -0.4 is 20.2 Å². The fourth-order valence-electron chi connectivity index (χ4n) is 3.36. The molecule has 0 fully saturated rings. The molecule has 4 aromatic rings. The Labute approximate surface area is 185 Å². The maximum Gasteiger partial charge on any atom is 0.242 e. The maximum absolute atomic E-state index is 12.5. The predicted molar refractivity (Wildman–Crippen MR) is 122 cm³/mol. The van der Waals surface area contributed by atoms with Gasteiger partial charge in [0.15, 0.2) is 11.5 Å². The van der Waals surface area contributed by atoms with Crippen molar-refractivity contribution in [3.05, 3.63) is 100 Å². The molecule has 0 bridgehead atoms. The molecule has 0 spiro atoms. The number of nitrogens with one attached hydrogen (secondary N) is 1. The molecule has 32 heavy (non-hydrogen) atoms. The summed E-state index contributed by atoms with van der Waals surface area (Å²) < 4.78 is 12.9. The summed E-state index contributed by atoms with van der Waals surface area (Å²) in [5, 5.41) is 7.51. The van der Waals surface area contributed by atoms with Crippen molar-refractivity contribution < 1.29 is 14.3 Å². The largest absolute Gasteiger partial charge is 0.493 e. The Morgan fingerprint density at radius 3 is 2.56 bits per heavy atom. The summed E-state index contributed by atoms with van der Waals surface area (Å²) in [7, 11) is 1.58. The molecule has 0 aliphatic heterocycles. The Morgan fingerprint density at radius 1 is 0.969 bits per heavy atom. The fourth-order valence-corrected chi connectivity index (χ4v) is 3.36. The number of benzene rings is 3. The summed E-state index contributed by atoms with van der Waals surface area (Å²) in [4.78, 5) is 24.4. The number of ether oxygens (including phenoxy) is 2. The van der Waals surface area contributed by atoms with Gasteiger partial charge in [-0.3, -0.25) is 14.3 Å². The lowest BCUT2D eigenvalue weighted by Crippen LogP contribution is -2.28. The molecule has 3 aromatic carbocycles. The molecule has 1 N–H and O–H groups in total. The van der Waals surface area contributed by atoms with Gasteiger partial charge in [0.2, 0.25) is 11.3 Å². The maximum atomic E-state index is 12.5. The number of rotatable bonds is 8. The third kappa shape index (κ3) is 4.95. The normalized spacial score (nSPS) is 10.7. The summed E-state index contributed by atoms with van der Waals surface area (Å²) in [5.41, 5.74) is 2.39. The molecule has 0 aliphatic carbocycles. The lowest BCUT2D eigenvalue weighted by Gasteiger charge is -2.13. The highest BCUT2D eigenvalue weighted by Gasteiger charge is 2.10. The minimum absolute atomic E-state index is 0.0101. The SMILES string of the molecule is COc1cc(CNC(=O)Cn2ncc(=O)c3ccccc32)ccc1OCc1ccccc1. The fraction of sp³-hybridized carbons (Fsp3) is 0.160. The van der Waals surface area contributed by atoms with Crippen LogP contribution in [0.5, 0.6) is 11.5 Å². The van der Waals surface area contributed by atoms with E-state index in [0.717, 1.165) is 11.1 Å². The van der Waals surface area contributed by atoms with Crippen LogP contribution in [0.4, 0.5) is 0 Å². The van der Waals surface area contributed by atoms with Gasteiger partial charge in [0, 0.05) is 11.9 Å². The second-order valence-electron chi connectivity index (χ2n) is 7.22. The first-order valence-electron chi connectivity index (χ1n) is 10.2. The summed E-state index contributed by atoms with van der Waals surface area (Å²) in [6.45, 7) is 0.774. The zero-order valence-electron chi connectivity index (χ0n) is 17.7. The van der Waals surface area contributed by atoms with E-state index in [4.69, 9.17) is 9.47 Å². The van der Waals surface area contributed by atoms with Crippen LogP contribution in [0.15, 0.2) is 83.8 Å². The van der Waals surface area contributed by atoms with Gasteiger partial charge in [0.25, 0.3) is 0 Å². The van der Waals surface area contributed by atoms with Crippen molar-refractivity contribution in [1.29, 1.82) is 0 Å². The number of amides is 1. The number of carbonyl (C=O) groups excluding carboxylic acids is 1. The first-order valence-corrected chi connectivity index (χ1v) is 10.2. The Hall–Kier alpha value is -4.13. The van der Waals surface area contributed by atoms with Gasteiger partial charge < -0.3 is 14.8 Å². The van der Waals surface area contributed by atoms with Crippen molar-refractivity contribution in [2.75, 3.05) is 7.11 Å². The number of para-hydroxylation sites is 1. The van der Waals surface area contributed by atoms with Gasteiger partial charge in [-0.15, -0.1) is 0 Å². The molecule has 0 atom stereocenters. The number of nitrogens with zero attached hydrogens (tertiary/aromatic N) is 2. The lowest BCUT2D eigenvalue weighted by molar-refractivity contribution is -0.121. The predicted octanol–water partition coefficient (Wildman–Crippen LogP) is 3.30. The highest BCUT2D eigenvalue weighted by molar-refractivity contribution is 5.81. The molecule has 7 heteroatoms. The van der Waals surface area contributed by atoms with Crippen LogP contribution in [0, 0.1) is 0 Å². The second kappa shape index (κ2) is 9.78. The number of aromatic nitrogens is 2. The summed E-state index contributed by atoms with van der Waals surface area (Å²) in [6, 6.07) is 22.5. The molecule has 4 rings (SSSR count). The van der Waals surface area contributed by atoms with E-state index >= 15 is 0 Å². The van der Waals surface area contributed by atoms with Gasteiger partial charge in [-0.25, -0.2) is 0 Å². The summed E-state index contributed by atoms with van der Waals surface area (Å²) >= 11 is 0. The molecule has 1 aromatic heterocycles. The number of fused-ring (bicyclic) bond motifs is 1.